The fourth-order valence-corrected chi connectivity index (χ4v) is 5.25. The quantitative estimate of drug-likeness (QED) is 0.0460. The Labute approximate surface area is 259 Å². The van der Waals surface area contributed by atoms with Crippen molar-refractivity contribution < 1.29 is 24.2 Å². The summed E-state index contributed by atoms with van der Waals surface area (Å²) in [4.78, 5) is 34.7. The number of nitrogens with one attached hydrogen (secondary N) is 1. The molecule has 1 amide bonds. The van der Waals surface area contributed by atoms with Gasteiger partial charge in [0.2, 0.25) is 5.91 Å². The van der Waals surface area contributed by atoms with Gasteiger partial charge in [0.1, 0.15) is 12.6 Å². The number of hydrogen-bond acceptors (Lipinski definition) is 4. The highest BCUT2D eigenvalue weighted by Crippen LogP contribution is 2.16. The van der Waals surface area contributed by atoms with Gasteiger partial charge in [-0.3, -0.25) is 14.4 Å². The molecule has 0 spiro atoms. The zero-order valence-corrected chi connectivity index (χ0v) is 27.6. The number of carbonyl (C=O) groups excluding carboxylic acids is 2. The maximum absolute atomic E-state index is 12.6. The summed E-state index contributed by atoms with van der Waals surface area (Å²) in [6.07, 6.45) is 34.9. The molecule has 6 heteroatoms. The first-order chi connectivity index (χ1) is 20.5. The van der Waals surface area contributed by atoms with E-state index in [0.29, 0.717) is 12.8 Å². The van der Waals surface area contributed by atoms with Gasteiger partial charge < -0.3 is 15.2 Å². The Morgan fingerprint density at radius 3 is 1.60 bits per heavy atom. The van der Waals surface area contributed by atoms with Gasteiger partial charge in [-0.2, -0.15) is 0 Å². The fourth-order valence-electron chi connectivity index (χ4n) is 5.25. The van der Waals surface area contributed by atoms with E-state index in [1.165, 1.54) is 109 Å². The Morgan fingerprint density at radius 2 is 1.07 bits per heavy atom. The standard InChI is InChI=1S/C36H67NO5/c1-3-5-7-9-11-12-13-14-15-16-17-19-21-27-31-36(41)42-33(28-24-20-18-10-8-6-4-2)29-25-22-23-26-30-34(38)37-32-35(39)40/h24,28,33H,3-23,25-27,29-32H2,1-2H3,(H,37,38)(H,39,40)/b28-24-. The molecule has 0 aliphatic carbocycles. The van der Waals surface area contributed by atoms with Crippen molar-refractivity contribution in [3.63, 3.8) is 0 Å². The van der Waals surface area contributed by atoms with Crippen LogP contribution in [0.3, 0.4) is 0 Å². The number of rotatable bonds is 32. The van der Waals surface area contributed by atoms with Crippen molar-refractivity contribution in [2.24, 2.45) is 0 Å². The third-order valence-corrected chi connectivity index (χ3v) is 7.92. The topological polar surface area (TPSA) is 92.7 Å². The molecule has 0 aromatic heterocycles. The summed E-state index contributed by atoms with van der Waals surface area (Å²) >= 11 is 0. The van der Waals surface area contributed by atoms with Crippen molar-refractivity contribution in [1.82, 2.24) is 5.32 Å². The van der Waals surface area contributed by atoms with Gasteiger partial charge in [0.25, 0.3) is 0 Å². The molecule has 0 radical (unpaired) electrons. The van der Waals surface area contributed by atoms with Gasteiger partial charge >= 0.3 is 11.9 Å². The van der Waals surface area contributed by atoms with E-state index in [-0.39, 0.29) is 24.5 Å². The third-order valence-electron chi connectivity index (χ3n) is 7.92. The van der Waals surface area contributed by atoms with E-state index >= 15 is 0 Å². The van der Waals surface area contributed by atoms with E-state index in [1.807, 2.05) is 0 Å². The van der Waals surface area contributed by atoms with Gasteiger partial charge in [0.15, 0.2) is 0 Å². The normalized spacial score (nSPS) is 12.0. The molecule has 0 aromatic rings. The van der Waals surface area contributed by atoms with Crippen LogP contribution in [0.5, 0.6) is 0 Å². The van der Waals surface area contributed by atoms with Crippen LogP contribution >= 0.6 is 0 Å². The predicted molar refractivity (Wildman–Crippen MR) is 176 cm³/mol. The smallest absolute Gasteiger partial charge is 0.322 e. The molecule has 0 heterocycles. The molecule has 1 unspecified atom stereocenters. The minimum absolute atomic E-state index is 0.0818. The largest absolute Gasteiger partial charge is 0.480 e. The van der Waals surface area contributed by atoms with Gasteiger partial charge in [-0.15, -0.1) is 0 Å². The van der Waals surface area contributed by atoms with Crippen molar-refractivity contribution in [2.75, 3.05) is 6.54 Å². The summed E-state index contributed by atoms with van der Waals surface area (Å²) in [6.45, 7) is 4.17. The molecule has 0 rings (SSSR count). The lowest BCUT2D eigenvalue weighted by Gasteiger charge is -2.15. The van der Waals surface area contributed by atoms with Crippen LogP contribution < -0.4 is 5.32 Å². The number of carboxylic acid groups (broad SMARTS) is 1. The van der Waals surface area contributed by atoms with Gasteiger partial charge in [-0.1, -0.05) is 142 Å². The molecule has 2 N–H and O–H groups in total. The molecule has 42 heavy (non-hydrogen) atoms. The number of ether oxygens (including phenoxy) is 1. The number of unbranched alkanes of at least 4 members (excludes halogenated alkanes) is 21. The monoisotopic (exact) mass is 594 g/mol. The van der Waals surface area contributed by atoms with Gasteiger partial charge in [-0.05, 0) is 44.6 Å². The molecule has 0 aliphatic heterocycles. The van der Waals surface area contributed by atoms with Gasteiger partial charge in [0, 0.05) is 12.8 Å². The van der Waals surface area contributed by atoms with Crippen LogP contribution in [0.4, 0.5) is 0 Å². The van der Waals surface area contributed by atoms with E-state index in [4.69, 9.17) is 9.84 Å². The number of hydrogen-bond donors (Lipinski definition) is 2. The van der Waals surface area contributed by atoms with Crippen molar-refractivity contribution in [1.29, 1.82) is 0 Å². The Hall–Kier alpha value is -1.85. The first-order valence-corrected chi connectivity index (χ1v) is 17.8. The lowest BCUT2D eigenvalue weighted by Crippen LogP contribution is -2.28. The number of carbonyl (C=O) groups is 3. The van der Waals surface area contributed by atoms with E-state index in [0.717, 1.165) is 51.4 Å². The first kappa shape index (κ1) is 40.1. The van der Waals surface area contributed by atoms with E-state index < -0.39 is 5.97 Å². The maximum Gasteiger partial charge on any atom is 0.322 e. The molecule has 246 valence electrons. The summed E-state index contributed by atoms with van der Waals surface area (Å²) in [5.74, 6) is -1.32. The Morgan fingerprint density at radius 1 is 0.619 bits per heavy atom. The second-order valence-electron chi connectivity index (χ2n) is 12.1. The molecular formula is C36H67NO5. The first-order valence-electron chi connectivity index (χ1n) is 17.8. The van der Waals surface area contributed by atoms with Crippen LogP contribution in [-0.4, -0.2) is 35.6 Å². The summed E-state index contributed by atoms with van der Waals surface area (Å²) in [5.41, 5.74) is 0. The van der Waals surface area contributed by atoms with Crippen LogP contribution in [0, 0.1) is 0 Å². The highest BCUT2D eigenvalue weighted by atomic mass is 16.5. The minimum Gasteiger partial charge on any atom is -0.480 e. The van der Waals surface area contributed by atoms with Crippen molar-refractivity contribution in [2.45, 2.75) is 193 Å². The number of allylic oxidation sites excluding steroid dienone is 1. The average Bonchev–Trinajstić information content (AvgIpc) is 2.97. The molecule has 6 nitrogen and oxygen atoms in total. The van der Waals surface area contributed by atoms with Crippen molar-refractivity contribution in [3.05, 3.63) is 12.2 Å². The van der Waals surface area contributed by atoms with Crippen LogP contribution in [0.1, 0.15) is 187 Å². The van der Waals surface area contributed by atoms with E-state index in [1.54, 1.807) is 0 Å². The minimum atomic E-state index is -1.03. The van der Waals surface area contributed by atoms with Crippen LogP contribution in [0.15, 0.2) is 12.2 Å². The molecule has 0 fully saturated rings. The second-order valence-corrected chi connectivity index (χ2v) is 12.1. The fraction of sp³-hybridized carbons (Fsp3) is 0.861. The number of aliphatic carboxylic acids is 1. The van der Waals surface area contributed by atoms with Crippen molar-refractivity contribution >= 4 is 17.8 Å². The predicted octanol–water partition coefficient (Wildman–Crippen LogP) is 10.2. The van der Waals surface area contributed by atoms with Crippen LogP contribution in [-0.2, 0) is 19.1 Å². The molecule has 0 aliphatic rings. The highest BCUT2D eigenvalue weighted by Gasteiger charge is 2.12. The Balaban J connectivity index is 4.08. The summed E-state index contributed by atoms with van der Waals surface area (Å²) in [6, 6.07) is 0. The van der Waals surface area contributed by atoms with E-state index in [2.05, 4.69) is 31.3 Å². The molecule has 0 aromatic carbocycles. The molecule has 0 saturated heterocycles. The maximum atomic E-state index is 12.6. The second kappa shape index (κ2) is 32.1. The highest BCUT2D eigenvalue weighted by molar-refractivity contribution is 5.80. The summed E-state index contributed by atoms with van der Waals surface area (Å²) in [5, 5.41) is 11.0. The third kappa shape index (κ3) is 31.1. The number of carboxylic acids is 1. The zero-order valence-electron chi connectivity index (χ0n) is 27.6. The van der Waals surface area contributed by atoms with Gasteiger partial charge in [0.05, 0.1) is 0 Å². The Bertz CT molecular complexity index is 663. The molecule has 1 atom stereocenters. The Kier molecular flexibility index (Phi) is 30.7. The lowest BCUT2D eigenvalue weighted by atomic mass is 10.0. The summed E-state index contributed by atoms with van der Waals surface area (Å²) < 4.78 is 5.86. The molecular weight excluding hydrogens is 526 g/mol. The number of amides is 1. The van der Waals surface area contributed by atoms with Crippen molar-refractivity contribution in [3.8, 4) is 0 Å². The van der Waals surface area contributed by atoms with Gasteiger partial charge in [-0.25, -0.2) is 0 Å². The summed E-state index contributed by atoms with van der Waals surface area (Å²) in [7, 11) is 0. The SMILES string of the molecule is CCCCCCC/C=C\C(CCCCCCC(=O)NCC(=O)O)OC(=O)CCCCCCCCCCCCCCCC. The molecule has 0 saturated carbocycles. The lowest BCUT2D eigenvalue weighted by molar-refractivity contribution is -0.147. The molecule has 0 bridgehead atoms. The van der Waals surface area contributed by atoms with Crippen LogP contribution in [0.2, 0.25) is 0 Å². The van der Waals surface area contributed by atoms with Crippen LogP contribution in [0.25, 0.3) is 0 Å². The number of esters is 1. The average molecular weight is 594 g/mol. The zero-order chi connectivity index (χ0) is 30.9. The van der Waals surface area contributed by atoms with E-state index in [9.17, 15) is 14.4 Å².